The molecule has 5 heteroatoms. The Morgan fingerprint density at radius 1 is 1.04 bits per heavy atom. The van der Waals surface area contributed by atoms with Crippen LogP contribution in [0.5, 0.6) is 0 Å². The Labute approximate surface area is 166 Å². The van der Waals surface area contributed by atoms with Crippen LogP contribution in [0.4, 0.5) is 0 Å². The van der Waals surface area contributed by atoms with Crippen molar-refractivity contribution in [3.63, 3.8) is 0 Å². The van der Waals surface area contributed by atoms with Gasteiger partial charge in [-0.1, -0.05) is 67.1 Å². The third-order valence-corrected chi connectivity index (χ3v) is 4.89. The minimum absolute atomic E-state index is 0.0860. The Morgan fingerprint density at radius 3 is 2.33 bits per heavy atom. The van der Waals surface area contributed by atoms with E-state index >= 15 is 0 Å². The normalized spacial score (nSPS) is 11.7. The average Bonchev–Trinajstić information content (AvgIpc) is 2.67. The molecule has 0 aromatic heterocycles. The van der Waals surface area contributed by atoms with Crippen LogP contribution in [0.25, 0.3) is 0 Å². The number of likely N-dealkylation sites (N-methyl/N-ethyl adjacent to an activating group) is 1. The number of carbonyl (C=O) groups is 2. The zero-order valence-corrected chi connectivity index (χ0v) is 16.7. The van der Waals surface area contributed by atoms with Crippen molar-refractivity contribution >= 4 is 23.4 Å². The first-order chi connectivity index (χ1) is 13.1. The maximum Gasteiger partial charge on any atom is 0.242 e. The number of carbonyl (C=O) groups excluding carboxylic acids is 2. The molecule has 0 bridgehead atoms. The van der Waals surface area contributed by atoms with Crippen LogP contribution in [0.2, 0.25) is 5.02 Å². The Kier molecular flexibility index (Phi) is 8.34. The van der Waals surface area contributed by atoms with Crippen molar-refractivity contribution < 1.29 is 9.59 Å². The van der Waals surface area contributed by atoms with E-state index in [1.807, 2.05) is 62.4 Å². The maximum absolute atomic E-state index is 13.1. The molecule has 1 atom stereocenters. The zero-order chi connectivity index (χ0) is 19.6. The van der Waals surface area contributed by atoms with Gasteiger partial charge in [-0.25, -0.2) is 0 Å². The summed E-state index contributed by atoms with van der Waals surface area (Å²) in [6.07, 6.45) is 1.45. The number of benzene rings is 2. The molecule has 0 radical (unpaired) electrons. The molecule has 0 aliphatic rings. The summed E-state index contributed by atoms with van der Waals surface area (Å²) in [5.41, 5.74) is 1.92. The van der Waals surface area contributed by atoms with Gasteiger partial charge in [-0.05, 0) is 37.0 Å². The van der Waals surface area contributed by atoms with Crippen molar-refractivity contribution in [2.45, 2.75) is 39.2 Å². The van der Waals surface area contributed by atoms with Crippen molar-refractivity contribution in [2.24, 2.45) is 0 Å². The van der Waals surface area contributed by atoms with Gasteiger partial charge in [-0.2, -0.15) is 0 Å². The number of rotatable bonds is 9. The molecule has 27 heavy (non-hydrogen) atoms. The third kappa shape index (κ3) is 6.10. The molecule has 2 aromatic carbocycles. The topological polar surface area (TPSA) is 49.4 Å². The van der Waals surface area contributed by atoms with Gasteiger partial charge in [0.2, 0.25) is 11.8 Å². The predicted molar refractivity (Wildman–Crippen MR) is 110 cm³/mol. The minimum Gasteiger partial charge on any atom is -0.355 e. The molecular formula is C22H27ClN2O2. The summed E-state index contributed by atoms with van der Waals surface area (Å²) in [6.45, 7) is 4.84. The molecule has 0 saturated carbocycles. The summed E-state index contributed by atoms with van der Waals surface area (Å²) >= 11 is 6.22. The quantitative estimate of drug-likeness (QED) is 0.711. The summed E-state index contributed by atoms with van der Waals surface area (Å²) in [4.78, 5) is 27.3. The van der Waals surface area contributed by atoms with Crippen LogP contribution in [0.3, 0.4) is 0 Å². The molecule has 1 unspecified atom stereocenters. The van der Waals surface area contributed by atoms with E-state index in [9.17, 15) is 9.59 Å². The molecule has 0 saturated heterocycles. The molecule has 2 amide bonds. The number of nitrogens with zero attached hydrogens (tertiary/aromatic N) is 1. The molecule has 0 spiro atoms. The van der Waals surface area contributed by atoms with Gasteiger partial charge >= 0.3 is 0 Å². The lowest BCUT2D eigenvalue weighted by atomic mass is 10.1. The van der Waals surface area contributed by atoms with Crippen molar-refractivity contribution in [1.29, 1.82) is 0 Å². The van der Waals surface area contributed by atoms with Crippen molar-refractivity contribution in [2.75, 3.05) is 13.1 Å². The standard InChI is InChI=1S/C22H27ClN2O2/c1-3-20(22(27)24-4-2)25(15-14-17-10-6-5-7-11-17)21(26)16-18-12-8-9-13-19(18)23/h5-13,20H,3-4,14-16H2,1-2H3,(H,24,27). The van der Waals surface area contributed by atoms with E-state index in [1.54, 1.807) is 11.0 Å². The largest absolute Gasteiger partial charge is 0.355 e. The van der Waals surface area contributed by atoms with E-state index in [0.717, 1.165) is 11.1 Å². The van der Waals surface area contributed by atoms with Crippen molar-refractivity contribution in [3.05, 3.63) is 70.7 Å². The molecule has 0 aliphatic carbocycles. The van der Waals surface area contributed by atoms with E-state index in [1.165, 1.54) is 0 Å². The van der Waals surface area contributed by atoms with Gasteiger partial charge in [0.25, 0.3) is 0 Å². The van der Waals surface area contributed by atoms with E-state index in [0.29, 0.717) is 31.0 Å². The highest BCUT2D eigenvalue weighted by atomic mass is 35.5. The smallest absolute Gasteiger partial charge is 0.242 e. The fourth-order valence-corrected chi connectivity index (χ4v) is 3.30. The van der Waals surface area contributed by atoms with Gasteiger partial charge in [0.1, 0.15) is 6.04 Å². The molecule has 1 N–H and O–H groups in total. The third-order valence-electron chi connectivity index (χ3n) is 4.52. The van der Waals surface area contributed by atoms with Gasteiger partial charge in [-0.15, -0.1) is 0 Å². The summed E-state index contributed by atoms with van der Waals surface area (Å²) < 4.78 is 0. The second-order valence-electron chi connectivity index (χ2n) is 6.41. The summed E-state index contributed by atoms with van der Waals surface area (Å²) in [5, 5.41) is 3.42. The second-order valence-corrected chi connectivity index (χ2v) is 6.82. The highest BCUT2D eigenvalue weighted by Gasteiger charge is 2.28. The lowest BCUT2D eigenvalue weighted by molar-refractivity contribution is -0.140. The highest BCUT2D eigenvalue weighted by molar-refractivity contribution is 6.31. The van der Waals surface area contributed by atoms with Crippen LogP contribution < -0.4 is 5.32 Å². The van der Waals surface area contributed by atoms with Crippen LogP contribution in [-0.2, 0) is 22.4 Å². The summed E-state index contributed by atoms with van der Waals surface area (Å²) in [5.74, 6) is -0.197. The number of nitrogens with one attached hydrogen (secondary N) is 1. The Bertz CT molecular complexity index is 749. The second kappa shape index (κ2) is 10.7. The first-order valence-electron chi connectivity index (χ1n) is 9.41. The number of hydrogen-bond donors (Lipinski definition) is 1. The van der Waals surface area contributed by atoms with Crippen LogP contribution in [0.1, 0.15) is 31.4 Å². The monoisotopic (exact) mass is 386 g/mol. The predicted octanol–water partition coefficient (Wildman–Crippen LogP) is 3.87. The first-order valence-corrected chi connectivity index (χ1v) is 9.79. The lowest BCUT2D eigenvalue weighted by Crippen LogP contribution is -2.50. The van der Waals surface area contributed by atoms with Crippen LogP contribution >= 0.6 is 11.6 Å². The average molecular weight is 387 g/mol. The molecular weight excluding hydrogens is 360 g/mol. The van der Waals surface area contributed by atoms with Crippen LogP contribution in [0.15, 0.2) is 54.6 Å². The van der Waals surface area contributed by atoms with Crippen molar-refractivity contribution in [3.8, 4) is 0 Å². The molecule has 4 nitrogen and oxygen atoms in total. The first kappa shape index (κ1) is 21.0. The van der Waals surface area contributed by atoms with E-state index < -0.39 is 6.04 Å². The highest BCUT2D eigenvalue weighted by Crippen LogP contribution is 2.18. The van der Waals surface area contributed by atoms with E-state index in [-0.39, 0.29) is 18.2 Å². The molecule has 0 heterocycles. The molecule has 0 fully saturated rings. The van der Waals surface area contributed by atoms with Crippen molar-refractivity contribution in [1.82, 2.24) is 10.2 Å². The van der Waals surface area contributed by atoms with Crippen LogP contribution in [0, 0.1) is 0 Å². The number of halogens is 1. The Hall–Kier alpha value is -2.33. The number of hydrogen-bond acceptors (Lipinski definition) is 2. The summed E-state index contributed by atoms with van der Waals surface area (Å²) in [7, 11) is 0. The zero-order valence-electron chi connectivity index (χ0n) is 16.0. The molecule has 2 rings (SSSR count). The van der Waals surface area contributed by atoms with E-state index in [2.05, 4.69) is 5.32 Å². The summed E-state index contributed by atoms with van der Waals surface area (Å²) in [6, 6.07) is 16.8. The fraction of sp³-hybridized carbons (Fsp3) is 0.364. The van der Waals surface area contributed by atoms with Crippen LogP contribution in [-0.4, -0.2) is 35.8 Å². The maximum atomic E-state index is 13.1. The van der Waals surface area contributed by atoms with Gasteiger partial charge < -0.3 is 10.2 Å². The SMILES string of the molecule is CCNC(=O)C(CC)N(CCc1ccccc1)C(=O)Cc1ccccc1Cl. The van der Waals surface area contributed by atoms with Gasteiger partial charge in [0.05, 0.1) is 6.42 Å². The molecule has 0 aliphatic heterocycles. The molecule has 144 valence electrons. The Balaban J connectivity index is 2.20. The lowest BCUT2D eigenvalue weighted by Gasteiger charge is -2.30. The van der Waals surface area contributed by atoms with E-state index in [4.69, 9.17) is 11.6 Å². The van der Waals surface area contributed by atoms with Gasteiger partial charge in [0, 0.05) is 18.1 Å². The number of amides is 2. The van der Waals surface area contributed by atoms with Gasteiger partial charge in [-0.3, -0.25) is 9.59 Å². The minimum atomic E-state index is -0.483. The fourth-order valence-electron chi connectivity index (χ4n) is 3.09. The molecule has 2 aromatic rings. The van der Waals surface area contributed by atoms with Gasteiger partial charge in [0.15, 0.2) is 0 Å². The Morgan fingerprint density at radius 2 is 1.70 bits per heavy atom.